The lowest BCUT2D eigenvalue weighted by atomic mass is 10.1. The van der Waals surface area contributed by atoms with Gasteiger partial charge in [-0.2, -0.15) is 5.10 Å². The number of aryl methyl sites for hydroxylation is 1. The Balaban J connectivity index is 2.71. The van der Waals surface area contributed by atoms with Crippen molar-refractivity contribution < 1.29 is 4.92 Å². The second-order valence-electron chi connectivity index (χ2n) is 4.15. The first-order chi connectivity index (χ1) is 8.95. The lowest BCUT2D eigenvalue weighted by Crippen LogP contribution is -2.06. The van der Waals surface area contributed by atoms with E-state index >= 15 is 0 Å². The lowest BCUT2D eigenvalue weighted by molar-refractivity contribution is -0.384. The number of nitrogens with zero attached hydrogens (tertiary/aromatic N) is 4. The van der Waals surface area contributed by atoms with Gasteiger partial charge in [-0.25, -0.2) is 9.67 Å². The summed E-state index contributed by atoms with van der Waals surface area (Å²) in [4.78, 5) is 14.6. The van der Waals surface area contributed by atoms with Gasteiger partial charge in [0.25, 0.3) is 0 Å². The molecule has 6 nitrogen and oxygen atoms in total. The fourth-order valence-corrected chi connectivity index (χ4v) is 2.25. The molecule has 0 saturated heterocycles. The SMILES string of the molecule is CCc1c(C)nn(-c2nc(Cl)ccc2[N+](=O)[O-])c1C. The van der Waals surface area contributed by atoms with Gasteiger partial charge in [0, 0.05) is 11.8 Å². The normalized spacial score (nSPS) is 10.7. The molecule has 0 aromatic carbocycles. The molecule has 100 valence electrons. The van der Waals surface area contributed by atoms with Crippen LogP contribution in [0.4, 0.5) is 5.69 Å². The third kappa shape index (κ3) is 2.31. The summed E-state index contributed by atoms with van der Waals surface area (Å²) in [6.07, 6.45) is 0.812. The van der Waals surface area contributed by atoms with Gasteiger partial charge in [0.2, 0.25) is 5.82 Å². The van der Waals surface area contributed by atoms with Crippen molar-refractivity contribution in [3.05, 3.63) is 44.4 Å². The number of hydrogen-bond acceptors (Lipinski definition) is 4. The average Bonchev–Trinajstić information content (AvgIpc) is 2.63. The highest BCUT2D eigenvalue weighted by atomic mass is 35.5. The van der Waals surface area contributed by atoms with Crippen molar-refractivity contribution in [2.45, 2.75) is 27.2 Å². The molecule has 0 aliphatic rings. The van der Waals surface area contributed by atoms with E-state index in [1.54, 1.807) is 0 Å². The average molecular weight is 281 g/mol. The summed E-state index contributed by atoms with van der Waals surface area (Å²) in [5.41, 5.74) is 2.64. The van der Waals surface area contributed by atoms with E-state index in [1.807, 2.05) is 20.8 Å². The van der Waals surface area contributed by atoms with E-state index in [1.165, 1.54) is 16.8 Å². The van der Waals surface area contributed by atoms with Crippen LogP contribution in [0.25, 0.3) is 5.82 Å². The Labute approximate surface area is 115 Å². The highest BCUT2D eigenvalue weighted by molar-refractivity contribution is 6.29. The molecule has 19 heavy (non-hydrogen) atoms. The molecule has 0 N–H and O–H groups in total. The molecule has 2 aromatic heterocycles. The van der Waals surface area contributed by atoms with Crippen LogP contribution in [0.2, 0.25) is 5.15 Å². The van der Waals surface area contributed by atoms with Crippen LogP contribution >= 0.6 is 11.6 Å². The van der Waals surface area contributed by atoms with Gasteiger partial charge in [0.05, 0.1) is 10.6 Å². The van der Waals surface area contributed by atoms with E-state index < -0.39 is 4.92 Å². The van der Waals surface area contributed by atoms with Crippen molar-refractivity contribution >= 4 is 17.3 Å². The molecule has 2 heterocycles. The molecule has 0 atom stereocenters. The van der Waals surface area contributed by atoms with Crippen molar-refractivity contribution in [1.82, 2.24) is 14.8 Å². The first-order valence-electron chi connectivity index (χ1n) is 5.82. The summed E-state index contributed by atoms with van der Waals surface area (Å²) in [6.45, 7) is 5.75. The topological polar surface area (TPSA) is 73.8 Å². The number of nitro groups is 1. The summed E-state index contributed by atoms with van der Waals surface area (Å²) < 4.78 is 1.48. The minimum absolute atomic E-state index is 0.113. The molecule has 0 aliphatic heterocycles. The van der Waals surface area contributed by atoms with Crippen molar-refractivity contribution in [1.29, 1.82) is 0 Å². The van der Waals surface area contributed by atoms with E-state index in [-0.39, 0.29) is 16.7 Å². The number of hydrogen-bond donors (Lipinski definition) is 0. The number of aromatic nitrogens is 3. The molecule has 0 unspecified atom stereocenters. The standard InChI is InChI=1S/C12H13ClN4O2/c1-4-9-7(2)15-16(8(9)3)12-10(17(18)19)5-6-11(13)14-12/h5-6H,4H2,1-3H3. The van der Waals surface area contributed by atoms with E-state index in [9.17, 15) is 10.1 Å². The zero-order chi connectivity index (χ0) is 14.2. The van der Waals surface area contributed by atoms with Crippen LogP contribution in [0.1, 0.15) is 23.9 Å². The maximum absolute atomic E-state index is 11.1. The summed E-state index contributed by atoms with van der Waals surface area (Å²) in [6, 6.07) is 2.74. The number of halogens is 1. The smallest absolute Gasteiger partial charge is 0.258 e. The molecule has 0 amide bonds. The quantitative estimate of drug-likeness (QED) is 0.492. The number of rotatable bonds is 3. The minimum atomic E-state index is -0.485. The first kappa shape index (κ1) is 13.5. The third-order valence-electron chi connectivity index (χ3n) is 3.01. The van der Waals surface area contributed by atoms with Crippen molar-refractivity contribution in [3.63, 3.8) is 0 Å². The highest BCUT2D eigenvalue weighted by Crippen LogP contribution is 2.25. The Morgan fingerprint density at radius 3 is 2.63 bits per heavy atom. The molecule has 0 fully saturated rings. The molecule has 0 aliphatic carbocycles. The second-order valence-corrected chi connectivity index (χ2v) is 4.54. The molecule has 7 heteroatoms. The maximum atomic E-state index is 11.1. The molecular weight excluding hydrogens is 268 g/mol. The summed E-state index contributed by atoms with van der Waals surface area (Å²) in [5.74, 6) is 0.151. The minimum Gasteiger partial charge on any atom is -0.258 e. The molecular formula is C12H13ClN4O2. The Morgan fingerprint density at radius 2 is 2.11 bits per heavy atom. The van der Waals surface area contributed by atoms with Crippen molar-refractivity contribution in [2.75, 3.05) is 0 Å². The predicted octanol–water partition coefficient (Wildman–Crippen LogP) is 3.01. The van der Waals surface area contributed by atoms with Crippen LogP contribution in [0.3, 0.4) is 0 Å². The Morgan fingerprint density at radius 1 is 1.42 bits per heavy atom. The zero-order valence-corrected chi connectivity index (χ0v) is 11.6. The lowest BCUT2D eigenvalue weighted by Gasteiger charge is -2.05. The second kappa shape index (κ2) is 4.97. The van der Waals surface area contributed by atoms with Crippen LogP contribution in [-0.2, 0) is 6.42 Å². The van der Waals surface area contributed by atoms with Crippen LogP contribution in [0.5, 0.6) is 0 Å². The largest absolute Gasteiger partial charge is 0.313 e. The van der Waals surface area contributed by atoms with Crippen LogP contribution in [-0.4, -0.2) is 19.7 Å². The van der Waals surface area contributed by atoms with E-state index in [2.05, 4.69) is 10.1 Å². The Bertz CT molecular complexity index is 651. The third-order valence-corrected chi connectivity index (χ3v) is 3.22. The highest BCUT2D eigenvalue weighted by Gasteiger charge is 2.21. The fourth-order valence-electron chi connectivity index (χ4n) is 2.11. The van der Waals surface area contributed by atoms with E-state index in [4.69, 9.17) is 11.6 Å². The van der Waals surface area contributed by atoms with Gasteiger partial charge in [0.1, 0.15) is 5.15 Å². The van der Waals surface area contributed by atoms with E-state index in [0.717, 1.165) is 23.4 Å². The molecule has 0 bridgehead atoms. The molecule has 0 saturated carbocycles. The van der Waals surface area contributed by atoms with Crippen molar-refractivity contribution in [3.8, 4) is 5.82 Å². The molecule has 0 spiro atoms. The van der Waals surface area contributed by atoms with Gasteiger partial charge in [0.15, 0.2) is 0 Å². The molecule has 2 rings (SSSR count). The van der Waals surface area contributed by atoms with Gasteiger partial charge in [-0.05, 0) is 31.9 Å². The number of pyridine rings is 1. The first-order valence-corrected chi connectivity index (χ1v) is 6.20. The van der Waals surface area contributed by atoms with Gasteiger partial charge >= 0.3 is 5.69 Å². The monoisotopic (exact) mass is 280 g/mol. The summed E-state index contributed by atoms with van der Waals surface area (Å²) >= 11 is 5.83. The maximum Gasteiger partial charge on any atom is 0.313 e. The Kier molecular flexibility index (Phi) is 3.53. The zero-order valence-electron chi connectivity index (χ0n) is 10.8. The van der Waals surface area contributed by atoms with E-state index in [0.29, 0.717) is 0 Å². The van der Waals surface area contributed by atoms with Crippen molar-refractivity contribution in [2.24, 2.45) is 0 Å². The fraction of sp³-hybridized carbons (Fsp3) is 0.333. The van der Waals surface area contributed by atoms with Gasteiger partial charge in [-0.1, -0.05) is 18.5 Å². The molecule has 2 aromatic rings. The summed E-state index contributed by atoms with van der Waals surface area (Å²) in [5, 5.41) is 15.6. The van der Waals surface area contributed by atoms with Gasteiger partial charge < -0.3 is 0 Å². The molecule has 0 radical (unpaired) electrons. The predicted molar refractivity (Wildman–Crippen MR) is 71.9 cm³/mol. The Hall–Kier alpha value is -1.95. The summed E-state index contributed by atoms with van der Waals surface area (Å²) in [7, 11) is 0. The van der Waals surface area contributed by atoms with Crippen LogP contribution in [0.15, 0.2) is 12.1 Å². The van der Waals surface area contributed by atoms with Crippen LogP contribution < -0.4 is 0 Å². The van der Waals surface area contributed by atoms with Gasteiger partial charge in [-0.15, -0.1) is 0 Å². The van der Waals surface area contributed by atoms with Gasteiger partial charge in [-0.3, -0.25) is 10.1 Å². The van der Waals surface area contributed by atoms with Crippen LogP contribution in [0, 0.1) is 24.0 Å².